The topological polar surface area (TPSA) is 46.5 Å². The fraction of sp³-hybridized carbons (Fsp3) is 0. The quantitative estimate of drug-likeness (QED) is 0.501. The standard InChI is InChI=1S/C21H14INO2S/c22-20(21-17-13-7-8-14-18(17)26(24,25)23-21)19(15-9-3-1-4-10-15)16-11-5-2-6-12-16/h1-14H. The van der Waals surface area contributed by atoms with Crippen molar-refractivity contribution in [2.45, 2.75) is 4.90 Å². The Balaban J connectivity index is 2.00. The lowest BCUT2D eigenvalue weighted by Gasteiger charge is -2.12. The summed E-state index contributed by atoms with van der Waals surface area (Å²) in [5.74, 6) is 0. The number of hydrogen-bond acceptors (Lipinski definition) is 2. The van der Waals surface area contributed by atoms with E-state index < -0.39 is 10.0 Å². The van der Waals surface area contributed by atoms with Crippen LogP contribution in [0.5, 0.6) is 0 Å². The normalized spacial score (nSPS) is 14.4. The second-order valence-corrected chi connectivity index (χ2v) is 8.48. The van der Waals surface area contributed by atoms with E-state index in [1.807, 2.05) is 72.8 Å². The van der Waals surface area contributed by atoms with Gasteiger partial charge in [0.2, 0.25) is 0 Å². The van der Waals surface area contributed by atoms with Crippen molar-refractivity contribution in [3.63, 3.8) is 0 Å². The van der Waals surface area contributed by atoms with Gasteiger partial charge in [0.25, 0.3) is 10.0 Å². The highest BCUT2D eigenvalue weighted by Crippen LogP contribution is 2.37. The predicted octanol–water partition coefficient (Wildman–Crippen LogP) is 5.07. The molecule has 4 rings (SSSR count). The van der Waals surface area contributed by atoms with Crippen molar-refractivity contribution in [1.29, 1.82) is 0 Å². The molecule has 0 spiro atoms. The van der Waals surface area contributed by atoms with Gasteiger partial charge in [0.1, 0.15) is 0 Å². The maximum absolute atomic E-state index is 12.5. The van der Waals surface area contributed by atoms with Crippen molar-refractivity contribution in [3.05, 3.63) is 105 Å². The van der Waals surface area contributed by atoms with Gasteiger partial charge in [0.15, 0.2) is 0 Å². The average Bonchev–Trinajstić information content (AvgIpc) is 2.95. The first-order valence-corrected chi connectivity index (χ1v) is 10.6. The molecule has 0 atom stereocenters. The van der Waals surface area contributed by atoms with E-state index in [0.717, 1.165) is 20.3 Å². The fourth-order valence-electron chi connectivity index (χ4n) is 3.01. The Bertz CT molecular complexity index is 1090. The average molecular weight is 471 g/mol. The molecule has 0 aromatic heterocycles. The summed E-state index contributed by atoms with van der Waals surface area (Å²) in [6.45, 7) is 0. The van der Waals surface area contributed by atoms with Gasteiger partial charge in [-0.05, 0) is 39.8 Å². The van der Waals surface area contributed by atoms with Crippen molar-refractivity contribution in [1.82, 2.24) is 0 Å². The monoisotopic (exact) mass is 471 g/mol. The van der Waals surface area contributed by atoms with Crippen LogP contribution in [0.25, 0.3) is 5.57 Å². The largest absolute Gasteiger partial charge is 0.283 e. The molecule has 0 bridgehead atoms. The van der Waals surface area contributed by atoms with Gasteiger partial charge in [-0.25, -0.2) is 0 Å². The highest BCUT2D eigenvalue weighted by atomic mass is 127. The van der Waals surface area contributed by atoms with Crippen molar-refractivity contribution in [3.8, 4) is 0 Å². The predicted molar refractivity (Wildman–Crippen MR) is 113 cm³/mol. The van der Waals surface area contributed by atoms with E-state index in [2.05, 4.69) is 27.0 Å². The molecule has 0 radical (unpaired) electrons. The van der Waals surface area contributed by atoms with E-state index in [0.29, 0.717) is 11.3 Å². The van der Waals surface area contributed by atoms with Crippen LogP contribution in [-0.2, 0) is 10.0 Å². The molecule has 1 aliphatic heterocycles. The summed E-state index contributed by atoms with van der Waals surface area (Å²) < 4.78 is 29.8. The second kappa shape index (κ2) is 6.81. The van der Waals surface area contributed by atoms with Gasteiger partial charge in [-0.1, -0.05) is 78.9 Å². The molecule has 0 amide bonds. The summed E-state index contributed by atoms with van der Waals surface area (Å²) in [5.41, 5.74) is 4.17. The van der Waals surface area contributed by atoms with Gasteiger partial charge >= 0.3 is 0 Å². The van der Waals surface area contributed by atoms with Crippen LogP contribution in [0.1, 0.15) is 16.7 Å². The van der Waals surface area contributed by atoms with Crippen LogP contribution in [-0.4, -0.2) is 14.1 Å². The lowest BCUT2D eigenvalue weighted by Crippen LogP contribution is -2.02. The number of halogens is 1. The smallest absolute Gasteiger partial charge is 0.199 e. The van der Waals surface area contributed by atoms with E-state index in [1.54, 1.807) is 12.1 Å². The molecule has 1 heterocycles. The minimum atomic E-state index is -3.65. The molecule has 5 heteroatoms. The molecule has 3 aromatic rings. The molecule has 26 heavy (non-hydrogen) atoms. The Morgan fingerprint density at radius 3 is 1.81 bits per heavy atom. The summed E-state index contributed by atoms with van der Waals surface area (Å²) in [6.07, 6.45) is 0. The number of allylic oxidation sites excluding steroid dienone is 1. The molecule has 128 valence electrons. The number of nitrogens with zero attached hydrogens (tertiary/aromatic N) is 1. The molecule has 0 N–H and O–H groups in total. The molecular formula is C21H14INO2S. The summed E-state index contributed by atoms with van der Waals surface area (Å²) in [4.78, 5) is 0.268. The molecule has 3 nitrogen and oxygen atoms in total. The third-order valence-corrected chi connectivity index (χ3v) is 6.57. The van der Waals surface area contributed by atoms with Crippen molar-refractivity contribution in [2.24, 2.45) is 4.40 Å². The summed E-state index contributed by atoms with van der Waals surface area (Å²) in [7, 11) is -3.65. The zero-order valence-electron chi connectivity index (χ0n) is 13.6. The first-order valence-electron chi connectivity index (χ1n) is 8.03. The molecule has 0 unspecified atom stereocenters. The first-order chi connectivity index (χ1) is 12.6. The number of hydrogen-bond donors (Lipinski definition) is 0. The van der Waals surface area contributed by atoms with Crippen LogP contribution in [0, 0.1) is 0 Å². The second-order valence-electron chi connectivity index (χ2n) is 5.83. The van der Waals surface area contributed by atoms with Gasteiger partial charge in [-0.15, -0.1) is 0 Å². The molecule has 0 aliphatic carbocycles. The van der Waals surface area contributed by atoms with Crippen LogP contribution in [0.3, 0.4) is 0 Å². The van der Waals surface area contributed by atoms with Crippen LogP contribution >= 0.6 is 22.6 Å². The Morgan fingerprint density at radius 1 is 0.731 bits per heavy atom. The fourth-order valence-corrected chi connectivity index (χ4v) is 5.43. The van der Waals surface area contributed by atoms with Crippen molar-refractivity contribution in [2.75, 3.05) is 0 Å². The molecule has 1 aliphatic rings. The van der Waals surface area contributed by atoms with Crippen LogP contribution < -0.4 is 0 Å². The highest BCUT2D eigenvalue weighted by Gasteiger charge is 2.31. The maximum atomic E-state index is 12.5. The van der Waals surface area contributed by atoms with Gasteiger partial charge in [0, 0.05) is 14.7 Å². The summed E-state index contributed by atoms with van der Waals surface area (Å²) in [6, 6.07) is 26.9. The van der Waals surface area contributed by atoms with Crippen LogP contribution in [0.15, 0.2) is 97.8 Å². The van der Waals surface area contributed by atoms with Crippen LogP contribution in [0.4, 0.5) is 0 Å². The number of fused-ring (bicyclic) bond motifs is 1. The van der Waals surface area contributed by atoms with Crippen molar-refractivity contribution < 1.29 is 8.42 Å². The lowest BCUT2D eigenvalue weighted by molar-refractivity contribution is 0.599. The summed E-state index contributed by atoms with van der Waals surface area (Å²) in [5, 5.41) is 0. The SMILES string of the molecule is O=S1(=O)N=C(C(I)=C(c2ccccc2)c2ccccc2)c2ccccc21. The Kier molecular flexibility index (Phi) is 4.50. The third kappa shape index (κ3) is 3.01. The van der Waals surface area contributed by atoms with Crippen LogP contribution in [0.2, 0.25) is 0 Å². The maximum Gasteiger partial charge on any atom is 0.283 e. The molecule has 0 saturated carbocycles. The van der Waals surface area contributed by atoms with Gasteiger partial charge in [-0.2, -0.15) is 12.8 Å². The van der Waals surface area contributed by atoms with E-state index in [4.69, 9.17) is 0 Å². The zero-order valence-corrected chi connectivity index (χ0v) is 16.6. The Hall–Kier alpha value is -2.25. The zero-order chi connectivity index (χ0) is 18.1. The van der Waals surface area contributed by atoms with Crippen molar-refractivity contribution >= 4 is 43.9 Å². The highest BCUT2D eigenvalue weighted by molar-refractivity contribution is 14.1. The number of rotatable bonds is 3. The molecule has 3 aromatic carbocycles. The molecule has 0 fully saturated rings. The minimum Gasteiger partial charge on any atom is -0.199 e. The van der Waals surface area contributed by atoms with E-state index in [1.165, 1.54) is 0 Å². The van der Waals surface area contributed by atoms with Gasteiger partial charge < -0.3 is 0 Å². The number of sulfonamides is 1. The molecule has 0 saturated heterocycles. The summed E-state index contributed by atoms with van der Waals surface area (Å²) >= 11 is 2.21. The Labute approximate surface area is 166 Å². The van der Waals surface area contributed by atoms with Gasteiger partial charge in [0.05, 0.1) is 10.6 Å². The lowest BCUT2D eigenvalue weighted by atomic mass is 9.95. The van der Waals surface area contributed by atoms with E-state index in [-0.39, 0.29) is 4.90 Å². The number of benzene rings is 3. The van der Waals surface area contributed by atoms with E-state index in [9.17, 15) is 8.42 Å². The minimum absolute atomic E-state index is 0.268. The third-order valence-electron chi connectivity index (χ3n) is 4.18. The van der Waals surface area contributed by atoms with E-state index >= 15 is 0 Å². The molecular weight excluding hydrogens is 457 g/mol. The Morgan fingerprint density at radius 2 is 1.23 bits per heavy atom. The first kappa shape index (κ1) is 17.2. The van der Waals surface area contributed by atoms with Gasteiger partial charge in [-0.3, -0.25) is 0 Å².